The molecular formula is C10H27NS. The van der Waals surface area contributed by atoms with E-state index in [4.69, 9.17) is 0 Å². The minimum absolute atomic E-state index is 1.21. The molecule has 0 fully saturated rings. The van der Waals surface area contributed by atoms with Gasteiger partial charge >= 0.3 is 0 Å². The van der Waals surface area contributed by atoms with Crippen molar-refractivity contribution in [1.82, 2.24) is 4.90 Å². The summed E-state index contributed by atoms with van der Waals surface area (Å²) in [5.74, 6) is 2.51. The SMILES string of the molecule is CC.CC.CCSCCN(C)C. The number of hydrogen-bond donors (Lipinski definition) is 0. The maximum Gasteiger partial charge on any atom is 0.00662 e. The van der Waals surface area contributed by atoms with Crippen molar-refractivity contribution in [3.8, 4) is 0 Å². The van der Waals surface area contributed by atoms with Gasteiger partial charge in [0, 0.05) is 12.3 Å². The van der Waals surface area contributed by atoms with Crippen molar-refractivity contribution in [1.29, 1.82) is 0 Å². The Balaban J connectivity index is -0.000000175. The van der Waals surface area contributed by atoms with Gasteiger partial charge in [-0.3, -0.25) is 0 Å². The molecule has 0 bridgehead atoms. The molecule has 0 saturated heterocycles. The highest BCUT2D eigenvalue weighted by atomic mass is 32.2. The molecule has 0 heterocycles. The van der Waals surface area contributed by atoms with Crippen molar-refractivity contribution in [2.75, 3.05) is 32.1 Å². The molecule has 0 amide bonds. The van der Waals surface area contributed by atoms with Gasteiger partial charge in [0.05, 0.1) is 0 Å². The zero-order chi connectivity index (χ0) is 10.4. The van der Waals surface area contributed by atoms with E-state index in [-0.39, 0.29) is 0 Å². The lowest BCUT2D eigenvalue weighted by molar-refractivity contribution is 0.437. The van der Waals surface area contributed by atoms with Crippen LogP contribution < -0.4 is 0 Å². The second kappa shape index (κ2) is 22.5. The quantitative estimate of drug-likeness (QED) is 0.630. The first-order valence-electron chi connectivity index (χ1n) is 5.00. The Kier molecular flexibility index (Phi) is 34.1. The van der Waals surface area contributed by atoms with Crippen LogP contribution in [0.4, 0.5) is 0 Å². The van der Waals surface area contributed by atoms with E-state index in [0.717, 1.165) is 0 Å². The Hall–Kier alpha value is 0.310. The van der Waals surface area contributed by atoms with E-state index < -0.39 is 0 Å². The van der Waals surface area contributed by atoms with Gasteiger partial charge in [-0.05, 0) is 19.8 Å². The number of nitrogens with zero attached hydrogens (tertiary/aromatic N) is 1. The van der Waals surface area contributed by atoms with Gasteiger partial charge in [0.2, 0.25) is 0 Å². The summed E-state index contributed by atoms with van der Waals surface area (Å²) < 4.78 is 0. The van der Waals surface area contributed by atoms with Gasteiger partial charge in [-0.15, -0.1) is 0 Å². The molecular weight excluding hydrogens is 166 g/mol. The molecule has 2 heteroatoms. The fraction of sp³-hybridized carbons (Fsp3) is 1.00. The van der Waals surface area contributed by atoms with Crippen LogP contribution in [0.5, 0.6) is 0 Å². The Morgan fingerprint density at radius 3 is 1.67 bits per heavy atom. The summed E-state index contributed by atoms with van der Waals surface area (Å²) in [6.07, 6.45) is 0. The van der Waals surface area contributed by atoms with Gasteiger partial charge in [0.25, 0.3) is 0 Å². The lowest BCUT2D eigenvalue weighted by atomic mass is 10.7. The Morgan fingerprint density at radius 2 is 1.42 bits per heavy atom. The van der Waals surface area contributed by atoms with Crippen molar-refractivity contribution >= 4 is 11.8 Å². The van der Waals surface area contributed by atoms with Crippen LogP contribution in [-0.2, 0) is 0 Å². The summed E-state index contributed by atoms with van der Waals surface area (Å²) in [6, 6.07) is 0. The van der Waals surface area contributed by atoms with E-state index in [1.807, 2.05) is 39.5 Å². The first kappa shape index (κ1) is 18.2. The maximum atomic E-state index is 2.21. The van der Waals surface area contributed by atoms with Crippen LogP contribution in [-0.4, -0.2) is 37.0 Å². The number of hydrogen-bond acceptors (Lipinski definition) is 2. The number of thioether (sulfide) groups is 1. The largest absolute Gasteiger partial charge is 0.309 e. The molecule has 12 heavy (non-hydrogen) atoms. The van der Waals surface area contributed by atoms with Crippen LogP contribution in [0.3, 0.4) is 0 Å². The highest BCUT2D eigenvalue weighted by Crippen LogP contribution is 1.96. The fourth-order valence-corrected chi connectivity index (χ4v) is 1.17. The van der Waals surface area contributed by atoms with E-state index in [1.165, 1.54) is 18.1 Å². The summed E-state index contributed by atoms with van der Waals surface area (Å²) in [6.45, 7) is 11.4. The van der Waals surface area contributed by atoms with Gasteiger partial charge in [-0.2, -0.15) is 11.8 Å². The van der Waals surface area contributed by atoms with Crippen molar-refractivity contribution < 1.29 is 0 Å². The molecule has 0 rings (SSSR count). The molecule has 0 aromatic heterocycles. The molecule has 0 aromatic carbocycles. The predicted molar refractivity (Wildman–Crippen MR) is 64.2 cm³/mol. The van der Waals surface area contributed by atoms with Crippen molar-refractivity contribution in [2.24, 2.45) is 0 Å². The molecule has 0 aliphatic carbocycles. The van der Waals surface area contributed by atoms with Crippen LogP contribution in [0.2, 0.25) is 0 Å². The van der Waals surface area contributed by atoms with Gasteiger partial charge in [-0.25, -0.2) is 0 Å². The minimum atomic E-state index is 1.21. The first-order valence-corrected chi connectivity index (χ1v) is 6.15. The average molecular weight is 193 g/mol. The Labute approximate surface area is 83.9 Å². The second-order valence-corrected chi connectivity index (χ2v) is 3.39. The van der Waals surface area contributed by atoms with Crippen LogP contribution in [0.15, 0.2) is 0 Å². The van der Waals surface area contributed by atoms with Crippen molar-refractivity contribution in [3.05, 3.63) is 0 Å². The summed E-state index contributed by atoms with van der Waals surface area (Å²) in [7, 11) is 4.21. The summed E-state index contributed by atoms with van der Waals surface area (Å²) in [5.41, 5.74) is 0. The van der Waals surface area contributed by atoms with E-state index in [0.29, 0.717) is 0 Å². The van der Waals surface area contributed by atoms with E-state index in [9.17, 15) is 0 Å². The molecule has 0 saturated carbocycles. The predicted octanol–water partition coefficient (Wildman–Crippen LogP) is 3.35. The van der Waals surface area contributed by atoms with Gasteiger partial charge in [-0.1, -0.05) is 34.6 Å². The Bertz CT molecular complexity index is 47.1. The molecule has 0 aliphatic rings. The molecule has 78 valence electrons. The van der Waals surface area contributed by atoms with Crippen LogP contribution in [0.1, 0.15) is 34.6 Å². The lowest BCUT2D eigenvalue weighted by Gasteiger charge is -2.06. The summed E-state index contributed by atoms with van der Waals surface area (Å²) in [4.78, 5) is 2.21. The van der Waals surface area contributed by atoms with E-state index in [1.54, 1.807) is 0 Å². The zero-order valence-electron chi connectivity index (χ0n) is 9.98. The van der Waals surface area contributed by atoms with E-state index >= 15 is 0 Å². The minimum Gasteiger partial charge on any atom is -0.309 e. The third-order valence-corrected chi connectivity index (χ3v) is 1.77. The summed E-state index contributed by atoms with van der Waals surface area (Å²) in [5, 5.41) is 0. The second-order valence-electron chi connectivity index (χ2n) is 2.00. The molecule has 0 aromatic rings. The molecule has 1 nitrogen and oxygen atoms in total. The smallest absolute Gasteiger partial charge is 0.00662 e. The van der Waals surface area contributed by atoms with Crippen molar-refractivity contribution in [2.45, 2.75) is 34.6 Å². The molecule has 0 unspecified atom stereocenters. The third kappa shape index (κ3) is 31.7. The average Bonchev–Trinajstić information content (AvgIpc) is 2.12. The normalized spacial score (nSPS) is 8.00. The summed E-state index contributed by atoms with van der Waals surface area (Å²) >= 11 is 1.99. The monoisotopic (exact) mass is 193 g/mol. The van der Waals surface area contributed by atoms with Crippen LogP contribution >= 0.6 is 11.8 Å². The van der Waals surface area contributed by atoms with Gasteiger partial charge in [0.1, 0.15) is 0 Å². The zero-order valence-corrected chi connectivity index (χ0v) is 10.8. The maximum absolute atomic E-state index is 2.21. The van der Waals surface area contributed by atoms with Gasteiger partial charge in [0.15, 0.2) is 0 Å². The molecule has 0 atom stereocenters. The Morgan fingerprint density at radius 1 is 1.00 bits per heavy atom. The number of rotatable bonds is 4. The topological polar surface area (TPSA) is 3.24 Å². The van der Waals surface area contributed by atoms with E-state index in [2.05, 4.69) is 25.9 Å². The highest BCUT2D eigenvalue weighted by molar-refractivity contribution is 7.99. The lowest BCUT2D eigenvalue weighted by Crippen LogP contribution is -2.14. The molecule has 0 radical (unpaired) electrons. The first-order chi connectivity index (χ1) is 5.77. The third-order valence-electron chi connectivity index (χ3n) is 0.887. The van der Waals surface area contributed by atoms with Crippen LogP contribution in [0.25, 0.3) is 0 Å². The van der Waals surface area contributed by atoms with Crippen LogP contribution in [0, 0.1) is 0 Å². The van der Waals surface area contributed by atoms with Crippen molar-refractivity contribution in [3.63, 3.8) is 0 Å². The fourth-order valence-electron chi connectivity index (χ4n) is 0.391. The molecule has 0 aliphatic heterocycles. The highest BCUT2D eigenvalue weighted by Gasteiger charge is 1.86. The van der Waals surface area contributed by atoms with Gasteiger partial charge < -0.3 is 4.90 Å². The molecule has 0 N–H and O–H groups in total. The molecule has 0 spiro atoms. The standard InChI is InChI=1S/C6H15NS.2C2H6/c1-4-8-6-5-7(2)3;2*1-2/h4-6H2,1-3H3;2*1-2H3.